The zero-order valence-corrected chi connectivity index (χ0v) is 14.3. The molecule has 1 aromatic carbocycles. The summed E-state index contributed by atoms with van der Waals surface area (Å²) in [5.74, 6) is -0.314. The zero-order valence-electron chi connectivity index (χ0n) is 13.5. The molecule has 1 atom stereocenters. The van der Waals surface area contributed by atoms with Gasteiger partial charge in [-0.1, -0.05) is 42.1 Å². The fraction of sp³-hybridized carbons (Fsp3) is 0.353. The lowest BCUT2D eigenvalue weighted by Crippen LogP contribution is -2.21. The van der Waals surface area contributed by atoms with Gasteiger partial charge >= 0.3 is 5.97 Å². The van der Waals surface area contributed by atoms with Gasteiger partial charge in [-0.05, 0) is 26.3 Å². The number of aromatic nitrogens is 2. The Labute approximate surface area is 139 Å². The maximum absolute atomic E-state index is 12.3. The number of benzene rings is 1. The van der Waals surface area contributed by atoms with Gasteiger partial charge in [0.1, 0.15) is 5.25 Å². The monoisotopic (exact) mass is 332 g/mol. The summed E-state index contributed by atoms with van der Waals surface area (Å²) in [5, 5.41) is 0.0161. The molecule has 6 heteroatoms. The van der Waals surface area contributed by atoms with Crippen LogP contribution in [0, 0.1) is 6.92 Å². The molecule has 122 valence electrons. The Morgan fingerprint density at radius 3 is 2.65 bits per heavy atom. The van der Waals surface area contributed by atoms with Crippen LogP contribution in [0.4, 0.5) is 0 Å². The highest BCUT2D eigenvalue weighted by Gasteiger charge is 2.18. The number of thioether (sulfide) groups is 1. The minimum Gasteiger partial charge on any atom is -0.465 e. The van der Waals surface area contributed by atoms with Crippen LogP contribution in [-0.2, 0) is 16.0 Å². The summed E-state index contributed by atoms with van der Waals surface area (Å²) in [4.78, 5) is 31.1. The smallest absolute Gasteiger partial charge is 0.319 e. The van der Waals surface area contributed by atoms with Crippen molar-refractivity contribution < 1.29 is 9.53 Å². The predicted octanol–water partition coefficient (Wildman–Crippen LogP) is 2.71. The lowest BCUT2D eigenvalue weighted by atomic mass is 10.1. The minimum atomic E-state index is -0.419. The highest BCUT2D eigenvalue weighted by atomic mass is 32.2. The van der Waals surface area contributed by atoms with Crippen molar-refractivity contribution >= 4 is 17.7 Å². The molecule has 0 spiro atoms. The van der Waals surface area contributed by atoms with E-state index < -0.39 is 5.25 Å². The topological polar surface area (TPSA) is 72.0 Å². The number of esters is 1. The molecule has 5 nitrogen and oxygen atoms in total. The van der Waals surface area contributed by atoms with Gasteiger partial charge in [0.15, 0.2) is 5.16 Å². The molecule has 23 heavy (non-hydrogen) atoms. The third kappa shape index (κ3) is 4.69. The van der Waals surface area contributed by atoms with E-state index in [-0.39, 0.29) is 11.5 Å². The summed E-state index contributed by atoms with van der Waals surface area (Å²) >= 11 is 1.19. The molecule has 2 rings (SSSR count). The second-order valence-electron chi connectivity index (χ2n) is 5.11. The summed E-state index contributed by atoms with van der Waals surface area (Å²) in [5.41, 5.74) is 2.21. The molecule has 1 N–H and O–H groups in total. The molecule has 2 aromatic rings. The lowest BCUT2D eigenvalue weighted by molar-refractivity contribution is -0.142. The van der Waals surface area contributed by atoms with Crippen LogP contribution >= 0.6 is 11.8 Å². The van der Waals surface area contributed by atoms with Crippen LogP contribution in [-0.4, -0.2) is 27.8 Å². The SMILES string of the molecule is CCOC(=O)C(C)Sc1nc(C)c(Cc2ccccc2)c(=O)[nH]1. The number of hydrogen-bond donors (Lipinski definition) is 1. The van der Waals surface area contributed by atoms with E-state index in [1.54, 1.807) is 13.8 Å². The van der Waals surface area contributed by atoms with E-state index in [1.165, 1.54) is 11.8 Å². The van der Waals surface area contributed by atoms with E-state index in [4.69, 9.17) is 4.74 Å². The third-order valence-corrected chi connectivity index (χ3v) is 4.29. The Kier molecular flexibility index (Phi) is 5.98. The van der Waals surface area contributed by atoms with Gasteiger partial charge in [0.05, 0.1) is 6.61 Å². The van der Waals surface area contributed by atoms with Crippen LogP contribution < -0.4 is 5.56 Å². The molecular formula is C17H20N2O3S. The molecular weight excluding hydrogens is 312 g/mol. The molecule has 0 saturated heterocycles. The highest BCUT2D eigenvalue weighted by Crippen LogP contribution is 2.20. The Hall–Kier alpha value is -2.08. The van der Waals surface area contributed by atoms with Gasteiger partial charge in [0.25, 0.3) is 5.56 Å². The van der Waals surface area contributed by atoms with Crippen molar-refractivity contribution in [2.75, 3.05) is 6.61 Å². The first-order chi connectivity index (χ1) is 11.0. The van der Waals surface area contributed by atoms with E-state index in [0.717, 1.165) is 5.56 Å². The van der Waals surface area contributed by atoms with E-state index in [1.807, 2.05) is 37.3 Å². The molecule has 0 aliphatic rings. The van der Waals surface area contributed by atoms with Crippen molar-refractivity contribution in [1.82, 2.24) is 9.97 Å². The normalized spacial score (nSPS) is 12.0. The molecule has 0 aliphatic heterocycles. The largest absolute Gasteiger partial charge is 0.465 e. The van der Waals surface area contributed by atoms with Crippen molar-refractivity contribution in [2.24, 2.45) is 0 Å². The maximum Gasteiger partial charge on any atom is 0.319 e. The first kappa shape index (κ1) is 17.3. The Morgan fingerprint density at radius 1 is 1.35 bits per heavy atom. The van der Waals surface area contributed by atoms with E-state index in [9.17, 15) is 9.59 Å². The molecule has 0 amide bonds. The average molecular weight is 332 g/mol. The van der Waals surface area contributed by atoms with Gasteiger partial charge in [-0.25, -0.2) is 4.98 Å². The first-order valence-corrected chi connectivity index (χ1v) is 8.36. The van der Waals surface area contributed by atoms with Crippen molar-refractivity contribution in [1.29, 1.82) is 0 Å². The number of nitrogens with one attached hydrogen (secondary N) is 1. The fourth-order valence-electron chi connectivity index (χ4n) is 2.12. The van der Waals surface area contributed by atoms with Crippen LogP contribution in [0.1, 0.15) is 30.7 Å². The van der Waals surface area contributed by atoms with Crippen LogP contribution in [0.15, 0.2) is 40.3 Å². The summed E-state index contributed by atoms with van der Waals surface area (Å²) in [7, 11) is 0. The van der Waals surface area contributed by atoms with E-state index >= 15 is 0 Å². The molecule has 1 unspecified atom stereocenters. The van der Waals surface area contributed by atoms with E-state index in [2.05, 4.69) is 9.97 Å². The molecule has 0 fully saturated rings. The molecule has 0 saturated carbocycles. The van der Waals surface area contributed by atoms with Crippen molar-refractivity contribution in [3.05, 3.63) is 57.5 Å². The number of aromatic amines is 1. The van der Waals surface area contributed by atoms with Gasteiger partial charge in [0, 0.05) is 17.7 Å². The lowest BCUT2D eigenvalue weighted by Gasteiger charge is -2.11. The summed E-state index contributed by atoms with van der Waals surface area (Å²) < 4.78 is 4.96. The molecule has 0 radical (unpaired) electrons. The third-order valence-electron chi connectivity index (χ3n) is 3.33. The van der Waals surface area contributed by atoms with Crippen LogP contribution in [0.25, 0.3) is 0 Å². The number of carbonyl (C=O) groups is 1. The van der Waals surface area contributed by atoms with Gasteiger partial charge in [-0.3, -0.25) is 9.59 Å². The molecule has 0 aliphatic carbocycles. The fourth-order valence-corrected chi connectivity index (χ4v) is 2.96. The minimum absolute atomic E-state index is 0.167. The average Bonchev–Trinajstić information content (AvgIpc) is 2.52. The number of ether oxygens (including phenoxy) is 1. The maximum atomic E-state index is 12.3. The second-order valence-corrected chi connectivity index (χ2v) is 6.44. The second kappa shape index (κ2) is 7.97. The predicted molar refractivity (Wildman–Crippen MR) is 90.8 cm³/mol. The first-order valence-electron chi connectivity index (χ1n) is 7.48. The number of nitrogens with zero attached hydrogens (tertiary/aromatic N) is 1. The van der Waals surface area contributed by atoms with Crippen molar-refractivity contribution in [2.45, 2.75) is 37.6 Å². The van der Waals surface area contributed by atoms with Gasteiger partial charge in [-0.2, -0.15) is 0 Å². The van der Waals surface area contributed by atoms with Gasteiger partial charge in [-0.15, -0.1) is 0 Å². The number of hydrogen-bond acceptors (Lipinski definition) is 5. The molecule has 0 bridgehead atoms. The number of H-pyrrole nitrogens is 1. The Bertz CT molecular complexity index is 728. The van der Waals surface area contributed by atoms with Crippen LogP contribution in [0.2, 0.25) is 0 Å². The number of carbonyl (C=O) groups excluding carboxylic acids is 1. The Morgan fingerprint density at radius 2 is 2.04 bits per heavy atom. The number of rotatable bonds is 6. The Balaban J connectivity index is 2.17. The molecule has 1 heterocycles. The van der Waals surface area contributed by atoms with Crippen LogP contribution in [0.5, 0.6) is 0 Å². The summed E-state index contributed by atoms with van der Waals surface area (Å²) in [6, 6.07) is 9.78. The number of aryl methyl sites for hydroxylation is 1. The summed E-state index contributed by atoms with van der Waals surface area (Å²) in [6.45, 7) is 5.64. The van der Waals surface area contributed by atoms with E-state index in [0.29, 0.717) is 29.4 Å². The van der Waals surface area contributed by atoms with Gasteiger partial charge < -0.3 is 9.72 Å². The van der Waals surface area contributed by atoms with Crippen molar-refractivity contribution in [3.63, 3.8) is 0 Å². The zero-order chi connectivity index (χ0) is 16.8. The molecule has 1 aromatic heterocycles. The highest BCUT2D eigenvalue weighted by molar-refractivity contribution is 8.00. The van der Waals surface area contributed by atoms with Crippen LogP contribution in [0.3, 0.4) is 0 Å². The van der Waals surface area contributed by atoms with Gasteiger partial charge in [0.2, 0.25) is 0 Å². The summed E-state index contributed by atoms with van der Waals surface area (Å²) in [6.07, 6.45) is 0.535. The quantitative estimate of drug-likeness (QED) is 0.500. The van der Waals surface area contributed by atoms with Crippen molar-refractivity contribution in [3.8, 4) is 0 Å². The standard InChI is InChI=1S/C17H20N2O3S/c1-4-22-16(21)12(3)23-17-18-11(2)14(15(20)19-17)10-13-8-6-5-7-9-13/h5-9,12H,4,10H2,1-3H3,(H,18,19,20).